The Morgan fingerprint density at radius 3 is 2.79 bits per heavy atom. The average Bonchev–Trinajstić information content (AvgIpc) is 2.18. The van der Waals surface area contributed by atoms with Crippen molar-refractivity contribution in [2.75, 3.05) is 7.11 Å². The highest BCUT2D eigenvalue weighted by molar-refractivity contribution is 6.31. The summed E-state index contributed by atoms with van der Waals surface area (Å²) in [7, 11) is 1.29. The number of halogens is 2. The third-order valence-corrected chi connectivity index (χ3v) is 2.14. The molecule has 14 heavy (non-hydrogen) atoms. The number of rotatable bonds is 3. The summed E-state index contributed by atoms with van der Waals surface area (Å²) < 4.78 is 17.8. The van der Waals surface area contributed by atoms with Crippen LogP contribution in [-0.2, 0) is 6.54 Å². The minimum Gasteiger partial charge on any atom is -0.504 e. The molecule has 0 aliphatic heterocycles. The van der Waals surface area contributed by atoms with E-state index in [-0.39, 0.29) is 28.6 Å². The van der Waals surface area contributed by atoms with E-state index in [1.165, 1.54) is 7.11 Å². The van der Waals surface area contributed by atoms with Crippen LogP contribution in [-0.4, -0.2) is 17.4 Å². The maximum atomic E-state index is 13.1. The van der Waals surface area contributed by atoms with Crippen LogP contribution >= 0.6 is 11.6 Å². The second-order valence-electron chi connectivity index (χ2n) is 2.54. The molecule has 0 fully saturated rings. The van der Waals surface area contributed by atoms with Crippen molar-refractivity contribution in [2.45, 2.75) is 6.54 Å². The Bertz CT molecular complexity index is 346. The molecule has 0 heterocycles. The minimum absolute atomic E-state index is 0.0304. The monoisotopic (exact) mass is 221 g/mol. The fraction of sp³-hybridized carbons (Fsp3) is 0.250. The molecule has 0 unspecified atom stereocenters. The summed E-state index contributed by atoms with van der Waals surface area (Å²) >= 11 is 5.56. The molecule has 1 rings (SSSR count). The van der Waals surface area contributed by atoms with E-state index in [1.54, 1.807) is 5.48 Å². The summed E-state index contributed by atoms with van der Waals surface area (Å²) in [4.78, 5) is 0. The fourth-order valence-corrected chi connectivity index (χ4v) is 1.25. The van der Waals surface area contributed by atoms with Crippen LogP contribution in [0.2, 0.25) is 5.02 Å². The predicted molar refractivity (Wildman–Crippen MR) is 48.3 cm³/mol. The van der Waals surface area contributed by atoms with Gasteiger partial charge in [0.15, 0.2) is 11.5 Å². The second-order valence-corrected chi connectivity index (χ2v) is 2.91. The van der Waals surface area contributed by atoms with Crippen molar-refractivity contribution in [3.8, 4) is 11.5 Å². The van der Waals surface area contributed by atoms with Crippen LogP contribution in [0.25, 0.3) is 0 Å². The maximum absolute atomic E-state index is 13.1. The Balaban J connectivity index is 3.29. The second kappa shape index (κ2) is 4.45. The summed E-state index contributed by atoms with van der Waals surface area (Å²) in [6.45, 7) is -0.168. The Labute approximate surface area is 84.8 Å². The van der Waals surface area contributed by atoms with Crippen LogP contribution in [0.15, 0.2) is 6.07 Å². The minimum atomic E-state index is -0.716. The van der Waals surface area contributed by atoms with Crippen molar-refractivity contribution in [3.63, 3.8) is 0 Å². The standard InChI is InChI=1S/C8H9ClFNO3/c1-14-6-2-5(10)7(9)4(3-11-13)8(6)12/h2,11-13H,3H2,1H3. The largest absolute Gasteiger partial charge is 0.504 e. The molecule has 0 bridgehead atoms. The first-order valence-corrected chi connectivity index (χ1v) is 4.10. The van der Waals surface area contributed by atoms with Gasteiger partial charge in [0.25, 0.3) is 0 Å². The van der Waals surface area contributed by atoms with Crippen molar-refractivity contribution in [1.29, 1.82) is 0 Å². The van der Waals surface area contributed by atoms with E-state index in [2.05, 4.69) is 0 Å². The van der Waals surface area contributed by atoms with Crippen molar-refractivity contribution in [3.05, 3.63) is 22.5 Å². The van der Waals surface area contributed by atoms with Crippen LogP contribution in [0, 0.1) is 5.82 Å². The first-order chi connectivity index (χ1) is 6.61. The van der Waals surface area contributed by atoms with Gasteiger partial charge in [0, 0.05) is 11.6 Å². The molecule has 1 aromatic rings. The molecule has 0 radical (unpaired) electrons. The number of phenols is 1. The molecule has 0 spiro atoms. The molecule has 4 nitrogen and oxygen atoms in total. The lowest BCUT2D eigenvalue weighted by Crippen LogP contribution is -2.08. The van der Waals surface area contributed by atoms with Gasteiger partial charge >= 0.3 is 0 Å². The van der Waals surface area contributed by atoms with Crippen molar-refractivity contribution < 1.29 is 19.4 Å². The van der Waals surface area contributed by atoms with Gasteiger partial charge < -0.3 is 15.1 Å². The number of methoxy groups -OCH3 is 1. The average molecular weight is 222 g/mol. The van der Waals surface area contributed by atoms with Crippen LogP contribution in [0.3, 0.4) is 0 Å². The molecule has 0 saturated carbocycles. The molecule has 0 aromatic heterocycles. The van der Waals surface area contributed by atoms with E-state index in [0.29, 0.717) is 0 Å². The Morgan fingerprint density at radius 1 is 1.64 bits per heavy atom. The number of hydroxylamine groups is 1. The van der Waals surface area contributed by atoms with E-state index in [4.69, 9.17) is 21.5 Å². The molecule has 0 aliphatic carbocycles. The predicted octanol–water partition coefficient (Wildman–Crippen LogP) is 1.67. The summed E-state index contributed by atoms with van der Waals surface area (Å²) in [5.74, 6) is -1.04. The van der Waals surface area contributed by atoms with Gasteiger partial charge in [-0.25, -0.2) is 9.87 Å². The summed E-state index contributed by atoms with van der Waals surface area (Å²) in [5, 5.41) is 17.7. The highest BCUT2D eigenvalue weighted by Gasteiger charge is 2.16. The third kappa shape index (κ3) is 1.89. The van der Waals surface area contributed by atoms with Crippen molar-refractivity contribution in [1.82, 2.24) is 5.48 Å². The zero-order chi connectivity index (χ0) is 10.7. The quantitative estimate of drug-likeness (QED) is 0.680. The van der Waals surface area contributed by atoms with Crippen molar-refractivity contribution in [2.24, 2.45) is 0 Å². The molecular formula is C8H9ClFNO3. The van der Waals surface area contributed by atoms with Crippen molar-refractivity contribution >= 4 is 11.6 Å². The number of hydrogen-bond donors (Lipinski definition) is 3. The number of benzene rings is 1. The Hall–Kier alpha value is -1.04. The first-order valence-electron chi connectivity index (χ1n) is 3.72. The number of aromatic hydroxyl groups is 1. The zero-order valence-corrected chi connectivity index (χ0v) is 8.10. The number of ether oxygens (including phenoxy) is 1. The van der Waals surface area contributed by atoms with Crippen LogP contribution in [0.4, 0.5) is 4.39 Å². The molecule has 0 amide bonds. The molecule has 0 atom stereocenters. The van der Waals surface area contributed by atoms with E-state index >= 15 is 0 Å². The summed E-state index contributed by atoms with van der Waals surface area (Å²) in [6.07, 6.45) is 0. The topological polar surface area (TPSA) is 61.7 Å². The van der Waals surface area contributed by atoms with E-state index in [9.17, 15) is 9.50 Å². The van der Waals surface area contributed by atoms with Gasteiger partial charge in [-0.05, 0) is 0 Å². The summed E-state index contributed by atoms with van der Waals surface area (Å²) in [5.41, 5.74) is 1.82. The van der Waals surface area contributed by atoms with Gasteiger partial charge in [-0.2, -0.15) is 0 Å². The number of nitrogens with one attached hydrogen (secondary N) is 1. The van der Waals surface area contributed by atoms with E-state index < -0.39 is 5.82 Å². The molecular weight excluding hydrogens is 213 g/mol. The molecule has 0 aliphatic rings. The van der Waals surface area contributed by atoms with Crippen LogP contribution < -0.4 is 10.2 Å². The number of hydrogen-bond acceptors (Lipinski definition) is 4. The molecule has 0 saturated heterocycles. The molecule has 3 N–H and O–H groups in total. The van der Waals surface area contributed by atoms with Crippen LogP contribution in [0.1, 0.15) is 5.56 Å². The fourth-order valence-electron chi connectivity index (χ4n) is 1.04. The van der Waals surface area contributed by atoms with Crippen LogP contribution in [0.5, 0.6) is 11.5 Å². The number of phenolic OH excluding ortho intramolecular Hbond substituents is 1. The SMILES string of the molecule is COc1cc(F)c(Cl)c(CNO)c1O. The van der Waals surface area contributed by atoms with Gasteiger partial charge in [-0.15, -0.1) is 0 Å². The third-order valence-electron chi connectivity index (χ3n) is 1.73. The van der Waals surface area contributed by atoms with Gasteiger partial charge in [0.2, 0.25) is 0 Å². The lowest BCUT2D eigenvalue weighted by Gasteiger charge is -2.10. The lowest BCUT2D eigenvalue weighted by molar-refractivity contribution is 0.160. The maximum Gasteiger partial charge on any atom is 0.164 e. The normalized spacial score (nSPS) is 10.3. The highest BCUT2D eigenvalue weighted by Crippen LogP contribution is 2.36. The summed E-state index contributed by atoms with van der Waals surface area (Å²) in [6, 6.07) is 0.971. The van der Waals surface area contributed by atoms with Gasteiger partial charge in [0.05, 0.1) is 18.7 Å². The molecule has 6 heteroatoms. The smallest absolute Gasteiger partial charge is 0.164 e. The highest BCUT2D eigenvalue weighted by atomic mass is 35.5. The first kappa shape index (κ1) is 11.0. The van der Waals surface area contributed by atoms with E-state index in [0.717, 1.165) is 6.07 Å². The Kier molecular flexibility index (Phi) is 3.51. The van der Waals surface area contributed by atoms with E-state index in [1.807, 2.05) is 0 Å². The van der Waals surface area contributed by atoms with Gasteiger partial charge in [-0.1, -0.05) is 11.6 Å². The molecule has 78 valence electrons. The Morgan fingerprint density at radius 2 is 2.29 bits per heavy atom. The molecule has 1 aromatic carbocycles. The van der Waals surface area contributed by atoms with Gasteiger partial charge in [0.1, 0.15) is 5.82 Å². The zero-order valence-electron chi connectivity index (χ0n) is 7.34. The van der Waals surface area contributed by atoms with Gasteiger partial charge in [-0.3, -0.25) is 0 Å². The lowest BCUT2D eigenvalue weighted by atomic mass is 10.2.